The van der Waals surface area contributed by atoms with Gasteiger partial charge in [0.05, 0.1) is 12.3 Å². The van der Waals surface area contributed by atoms with E-state index < -0.39 is 10.0 Å². The van der Waals surface area contributed by atoms with Crippen LogP contribution in [0, 0.1) is 5.92 Å². The molecule has 0 spiro atoms. The maximum Gasteiger partial charge on any atom is 0.264 e. The average molecular weight is 465 g/mol. The smallest absolute Gasteiger partial charge is 0.264 e. The molecular weight excluding hydrogens is 444 g/mol. The lowest BCUT2D eigenvalue weighted by Crippen LogP contribution is -2.31. The van der Waals surface area contributed by atoms with Gasteiger partial charge in [0.1, 0.15) is 10.6 Å². The van der Waals surface area contributed by atoms with Crippen LogP contribution in [0.3, 0.4) is 0 Å². The third kappa shape index (κ3) is 3.75. The summed E-state index contributed by atoms with van der Waals surface area (Å²) in [5.41, 5.74) is 1.82. The van der Waals surface area contributed by atoms with Crippen LogP contribution in [0.25, 0.3) is 0 Å². The zero-order valence-electron chi connectivity index (χ0n) is 15.4. The Morgan fingerprint density at radius 3 is 2.61 bits per heavy atom. The van der Waals surface area contributed by atoms with Gasteiger partial charge in [-0.05, 0) is 68.1 Å². The van der Waals surface area contributed by atoms with Crippen LogP contribution in [-0.4, -0.2) is 27.5 Å². The summed E-state index contributed by atoms with van der Waals surface area (Å²) in [6.45, 7) is 2.95. The molecule has 0 bridgehead atoms. The molecule has 4 rings (SSSR count). The highest BCUT2D eigenvalue weighted by Gasteiger charge is 2.39. The van der Waals surface area contributed by atoms with Crippen LogP contribution in [0.2, 0.25) is 0 Å². The Morgan fingerprint density at radius 2 is 1.96 bits per heavy atom. The van der Waals surface area contributed by atoms with Gasteiger partial charge < -0.3 is 9.64 Å². The fourth-order valence-corrected chi connectivity index (χ4v) is 5.43. The Kier molecular flexibility index (Phi) is 5.09. The minimum atomic E-state index is -3.87. The van der Waals surface area contributed by atoms with Crippen molar-refractivity contribution in [3.05, 3.63) is 46.4 Å². The highest BCUT2D eigenvalue weighted by molar-refractivity contribution is 9.10. The lowest BCUT2D eigenvalue weighted by molar-refractivity contribution is -0.119. The summed E-state index contributed by atoms with van der Waals surface area (Å²) in [5, 5.41) is 0. The van der Waals surface area contributed by atoms with Gasteiger partial charge in [-0.25, -0.2) is 8.42 Å². The summed E-state index contributed by atoms with van der Waals surface area (Å²) in [6.07, 6.45) is 2.42. The Bertz CT molecular complexity index is 1020. The quantitative estimate of drug-likeness (QED) is 0.701. The molecule has 2 aromatic rings. The standard InChI is InChI=1S/C20H21BrN2O4S/c1-2-27-17-7-5-16(6-8-17)22-28(25,26)18-12-15(21)11-14-9-10-23(19(14)18)20(24)13-3-4-13/h5-8,11-13,22H,2-4,9-10H2,1H3. The van der Waals surface area contributed by atoms with E-state index in [1.54, 1.807) is 35.2 Å². The first-order valence-corrected chi connectivity index (χ1v) is 11.6. The molecule has 1 aliphatic carbocycles. The molecule has 2 aliphatic rings. The van der Waals surface area contributed by atoms with Crippen molar-refractivity contribution < 1.29 is 17.9 Å². The molecule has 1 aliphatic heterocycles. The second-order valence-electron chi connectivity index (χ2n) is 6.99. The minimum Gasteiger partial charge on any atom is -0.494 e. The normalized spacial score (nSPS) is 16.0. The summed E-state index contributed by atoms with van der Waals surface area (Å²) in [5.74, 6) is 0.734. The molecule has 1 heterocycles. The number of halogens is 1. The van der Waals surface area contributed by atoms with Crippen LogP contribution in [0.5, 0.6) is 5.75 Å². The Balaban J connectivity index is 1.68. The summed E-state index contributed by atoms with van der Waals surface area (Å²) >= 11 is 3.41. The predicted octanol–water partition coefficient (Wildman–Crippen LogP) is 3.95. The number of anilines is 2. The summed E-state index contributed by atoms with van der Waals surface area (Å²) in [7, 11) is -3.87. The number of fused-ring (bicyclic) bond motifs is 1. The lowest BCUT2D eigenvalue weighted by Gasteiger charge is -2.21. The zero-order chi connectivity index (χ0) is 19.9. The highest BCUT2D eigenvalue weighted by atomic mass is 79.9. The molecule has 1 N–H and O–H groups in total. The third-order valence-electron chi connectivity index (χ3n) is 4.89. The first kappa shape index (κ1) is 19.3. The third-order valence-corrected chi connectivity index (χ3v) is 6.75. The number of ether oxygens (including phenoxy) is 1. The molecule has 148 valence electrons. The Labute approximate surface area is 173 Å². The van der Waals surface area contributed by atoms with E-state index in [-0.39, 0.29) is 16.7 Å². The molecule has 2 aromatic carbocycles. The number of carbonyl (C=O) groups is 1. The monoisotopic (exact) mass is 464 g/mol. The van der Waals surface area contributed by atoms with Gasteiger partial charge >= 0.3 is 0 Å². The molecule has 28 heavy (non-hydrogen) atoms. The van der Waals surface area contributed by atoms with E-state index in [9.17, 15) is 13.2 Å². The van der Waals surface area contributed by atoms with Crippen LogP contribution < -0.4 is 14.4 Å². The van der Waals surface area contributed by atoms with Gasteiger partial charge in [-0.2, -0.15) is 0 Å². The number of hydrogen-bond donors (Lipinski definition) is 1. The van der Waals surface area contributed by atoms with Crippen molar-refractivity contribution in [1.29, 1.82) is 0 Å². The number of hydrogen-bond acceptors (Lipinski definition) is 4. The van der Waals surface area contributed by atoms with E-state index >= 15 is 0 Å². The molecule has 0 saturated heterocycles. The molecule has 0 aromatic heterocycles. The van der Waals surface area contributed by atoms with Gasteiger partial charge in [0.15, 0.2) is 0 Å². The first-order chi connectivity index (χ1) is 13.4. The fourth-order valence-electron chi connectivity index (χ4n) is 3.44. The Hall–Kier alpha value is -2.06. The fraction of sp³-hybridized carbons (Fsp3) is 0.350. The van der Waals surface area contributed by atoms with Crippen molar-refractivity contribution in [1.82, 2.24) is 0 Å². The van der Waals surface area contributed by atoms with E-state index in [2.05, 4.69) is 20.7 Å². The summed E-state index contributed by atoms with van der Waals surface area (Å²) in [4.78, 5) is 14.4. The van der Waals surface area contributed by atoms with Crippen LogP contribution in [0.15, 0.2) is 45.8 Å². The molecule has 8 heteroatoms. The molecule has 0 atom stereocenters. The molecule has 1 saturated carbocycles. The van der Waals surface area contributed by atoms with Gasteiger partial charge in [-0.3, -0.25) is 9.52 Å². The van der Waals surface area contributed by atoms with Gasteiger partial charge in [-0.1, -0.05) is 15.9 Å². The second kappa shape index (κ2) is 7.40. The summed E-state index contributed by atoms with van der Waals surface area (Å²) < 4.78 is 35.0. The largest absolute Gasteiger partial charge is 0.494 e. The average Bonchev–Trinajstić information content (AvgIpc) is 3.42. The van der Waals surface area contributed by atoms with Crippen LogP contribution in [0.4, 0.5) is 11.4 Å². The molecule has 0 unspecified atom stereocenters. The summed E-state index contributed by atoms with van der Waals surface area (Å²) in [6, 6.07) is 10.2. The topological polar surface area (TPSA) is 75.7 Å². The van der Waals surface area contributed by atoms with Crippen LogP contribution in [0.1, 0.15) is 25.3 Å². The van der Waals surface area contributed by atoms with Crippen molar-refractivity contribution in [2.45, 2.75) is 31.1 Å². The molecule has 1 fully saturated rings. The van der Waals surface area contributed by atoms with E-state index in [1.165, 1.54) is 0 Å². The number of amides is 1. The maximum atomic E-state index is 13.2. The number of sulfonamides is 1. The SMILES string of the molecule is CCOc1ccc(NS(=O)(=O)c2cc(Br)cc3c2N(C(=O)C2CC2)CC3)cc1. The number of nitrogens with one attached hydrogen (secondary N) is 1. The number of benzene rings is 2. The second-order valence-corrected chi connectivity index (χ2v) is 9.56. The van der Waals surface area contributed by atoms with E-state index in [1.807, 2.05) is 13.0 Å². The number of carbonyl (C=O) groups excluding carboxylic acids is 1. The first-order valence-electron chi connectivity index (χ1n) is 9.28. The van der Waals surface area contributed by atoms with Gasteiger partial charge in [-0.15, -0.1) is 0 Å². The lowest BCUT2D eigenvalue weighted by atomic mass is 10.2. The molecular formula is C20H21BrN2O4S. The molecule has 1 amide bonds. The molecule has 6 nitrogen and oxygen atoms in total. The van der Waals surface area contributed by atoms with Crippen molar-refractivity contribution in [3.63, 3.8) is 0 Å². The number of nitrogens with zero attached hydrogens (tertiary/aromatic N) is 1. The van der Waals surface area contributed by atoms with Crippen molar-refractivity contribution in [3.8, 4) is 5.75 Å². The van der Waals surface area contributed by atoms with Gasteiger partial charge in [0, 0.05) is 22.6 Å². The predicted molar refractivity (Wildman–Crippen MR) is 111 cm³/mol. The maximum absolute atomic E-state index is 13.2. The van der Waals surface area contributed by atoms with Crippen molar-refractivity contribution in [2.75, 3.05) is 22.8 Å². The van der Waals surface area contributed by atoms with E-state index in [0.29, 0.717) is 41.2 Å². The van der Waals surface area contributed by atoms with E-state index in [4.69, 9.17) is 4.74 Å². The minimum absolute atomic E-state index is 0.0265. The van der Waals surface area contributed by atoms with Crippen LogP contribution in [-0.2, 0) is 21.2 Å². The van der Waals surface area contributed by atoms with Gasteiger partial charge in [0.25, 0.3) is 10.0 Å². The van der Waals surface area contributed by atoms with E-state index in [0.717, 1.165) is 18.4 Å². The Morgan fingerprint density at radius 1 is 1.25 bits per heavy atom. The van der Waals surface area contributed by atoms with Crippen molar-refractivity contribution >= 4 is 43.2 Å². The van der Waals surface area contributed by atoms with Gasteiger partial charge in [0.2, 0.25) is 5.91 Å². The zero-order valence-corrected chi connectivity index (χ0v) is 17.8. The highest BCUT2D eigenvalue weighted by Crippen LogP contribution is 2.41. The molecule has 0 radical (unpaired) electrons. The van der Waals surface area contributed by atoms with Crippen LogP contribution >= 0.6 is 15.9 Å². The van der Waals surface area contributed by atoms with Crippen molar-refractivity contribution in [2.24, 2.45) is 5.92 Å². The number of rotatable bonds is 6.